The van der Waals surface area contributed by atoms with E-state index in [0.717, 1.165) is 31.3 Å². The fourth-order valence-electron chi connectivity index (χ4n) is 5.45. The van der Waals surface area contributed by atoms with Crippen molar-refractivity contribution in [3.05, 3.63) is 60.3 Å². The van der Waals surface area contributed by atoms with Gasteiger partial charge in [-0.2, -0.15) is 0 Å². The number of fused-ring (bicyclic) bond motifs is 3. The summed E-state index contributed by atoms with van der Waals surface area (Å²) in [5, 5.41) is 21.7. The second-order valence-corrected chi connectivity index (χ2v) is 11.0. The summed E-state index contributed by atoms with van der Waals surface area (Å²) in [6, 6.07) is 0. The number of carbonyl (C=O) groups is 1. The predicted molar refractivity (Wildman–Crippen MR) is 141 cm³/mol. The molecule has 0 spiro atoms. The highest BCUT2D eigenvalue weighted by atomic mass is 16.6. The fraction of sp³-hybridized carbons (Fsp3) is 0.633. The average Bonchev–Trinajstić information content (AvgIpc) is 3.61. The van der Waals surface area contributed by atoms with Gasteiger partial charge in [-0.05, 0) is 51.4 Å². The Bertz CT molecular complexity index is 919. The van der Waals surface area contributed by atoms with Crippen molar-refractivity contribution < 1.29 is 34.0 Å². The van der Waals surface area contributed by atoms with Crippen molar-refractivity contribution in [1.29, 1.82) is 0 Å². The maximum absolute atomic E-state index is 12.6. The summed E-state index contributed by atoms with van der Waals surface area (Å²) in [6.45, 7) is 8.98. The SMILES string of the molecule is C=C1CC(C)C[C@H]2CC=C[C@H](C/C=C/C(=O)O[C@H]([C@@H](O)/C=C/[C@@H]3CC(C)=CCO3)C[C@H]3O[C@H]3[C@@H](O)C1)O2. The molecule has 0 amide bonds. The van der Waals surface area contributed by atoms with Crippen molar-refractivity contribution in [1.82, 2.24) is 0 Å². The van der Waals surface area contributed by atoms with Gasteiger partial charge in [0.1, 0.15) is 18.3 Å². The van der Waals surface area contributed by atoms with Crippen LogP contribution in [0.5, 0.6) is 0 Å². The molecule has 0 saturated carbocycles. The number of cyclic esters (lactones) is 1. The second kappa shape index (κ2) is 13.2. The molecule has 0 aromatic carbocycles. The monoisotopic (exact) mass is 514 g/mol. The molecule has 7 heteroatoms. The first-order valence-electron chi connectivity index (χ1n) is 13.6. The third kappa shape index (κ3) is 8.76. The number of carbonyl (C=O) groups excluding carboxylic acids is 1. The van der Waals surface area contributed by atoms with Crippen molar-refractivity contribution >= 4 is 5.97 Å². The maximum Gasteiger partial charge on any atom is 0.330 e. The van der Waals surface area contributed by atoms with Crippen LogP contribution in [-0.4, -0.2) is 71.6 Å². The van der Waals surface area contributed by atoms with E-state index >= 15 is 0 Å². The molecule has 0 aliphatic carbocycles. The van der Waals surface area contributed by atoms with Gasteiger partial charge in [-0.25, -0.2) is 4.79 Å². The summed E-state index contributed by atoms with van der Waals surface area (Å²) in [5.74, 6) is -0.141. The smallest absolute Gasteiger partial charge is 0.330 e. The van der Waals surface area contributed by atoms with E-state index < -0.39 is 24.3 Å². The molecule has 1 fully saturated rings. The van der Waals surface area contributed by atoms with E-state index in [9.17, 15) is 15.0 Å². The van der Waals surface area contributed by atoms with E-state index in [1.165, 1.54) is 11.6 Å². The summed E-state index contributed by atoms with van der Waals surface area (Å²) in [5.41, 5.74) is 2.23. The van der Waals surface area contributed by atoms with Crippen LogP contribution in [0.1, 0.15) is 58.8 Å². The van der Waals surface area contributed by atoms with Crippen molar-refractivity contribution in [2.45, 2.75) is 108 Å². The highest BCUT2D eigenvalue weighted by molar-refractivity contribution is 5.82. The van der Waals surface area contributed by atoms with Gasteiger partial charge in [0, 0.05) is 12.5 Å². The molecule has 37 heavy (non-hydrogen) atoms. The lowest BCUT2D eigenvalue weighted by molar-refractivity contribution is -0.148. The summed E-state index contributed by atoms with van der Waals surface area (Å²) >= 11 is 0. The summed E-state index contributed by atoms with van der Waals surface area (Å²) < 4.78 is 23.4. The molecule has 2 N–H and O–H groups in total. The van der Waals surface area contributed by atoms with Gasteiger partial charge < -0.3 is 29.2 Å². The molecule has 7 nitrogen and oxygen atoms in total. The van der Waals surface area contributed by atoms with Crippen LogP contribution in [0.4, 0.5) is 0 Å². The molecule has 204 valence electrons. The molecule has 2 bridgehead atoms. The minimum Gasteiger partial charge on any atom is -0.456 e. The normalized spacial score (nSPS) is 39.6. The molecular weight excluding hydrogens is 472 g/mol. The van der Waals surface area contributed by atoms with Crippen molar-refractivity contribution in [3.8, 4) is 0 Å². The zero-order chi connectivity index (χ0) is 26.4. The lowest BCUT2D eigenvalue weighted by atomic mass is 9.91. The first-order chi connectivity index (χ1) is 17.8. The summed E-state index contributed by atoms with van der Waals surface area (Å²) in [7, 11) is 0. The Labute approximate surface area is 220 Å². The molecule has 0 radical (unpaired) electrons. The zero-order valence-corrected chi connectivity index (χ0v) is 22.0. The molecular formula is C30H42O7. The van der Waals surface area contributed by atoms with Crippen LogP contribution in [0.15, 0.2) is 60.3 Å². The number of aliphatic hydroxyl groups excluding tert-OH is 2. The lowest BCUT2D eigenvalue weighted by Crippen LogP contribution is -2.32. The summed E-state index contributed by atoms with van der Waals surface area (Å²) in [6.07, 6.45) is 14.3. The van der Waals surface area contributed by atoms with Gasteiger partial charge in [-0.3, -0.25) is 0 Å². The van der Waals surface area contributed by atoms with Gasteiger partial charge in [0.05, 0.1) is 37.1 Å². The van der Waals surface area contributed by atoms with E-state index in [1.54, 1.807) is 12.2 Å². The second-order valence-electron chi connectivity index (χ2n) is 11.0. The number of hydrogen-bond donors (Lipinski definition) is 2. The molecule has 9 atom stereocenters. The highest BCUT2D eigenvalue weighted by Gasteiger charge is 2.46. The Kier molecular flexibility index (Phi) is 9.96. The summed E-state index contributed by atoms with van der Waals surface area (Å²) in [4.78, 5) is 12.6. The van der Waals surface area contributed by atoms with Gasteiger partial charge in [0.25, 0.3) is 0 Å². The number of ether oxygens (including phenoxy) is 4. The number of hydrogen-bond acceptors (Lipinski definition) is 7. The molecule has 4 heterocycles. The number of epoxide rings is 1. The fourth-order valence-corrected chi connectivity index (χ4v) is 5.45. The van der Waals surface area contributed by atoms with Gasteiger partial charge in [-0.15, -0.1) is 0 Å². The third-order valence-electron chi connectivity index (χ3n) is 7.44. The topological polar surface area (TPSA) is 97.8 Å². The van der Waals surface area contributed by atoms with Crippen molar-refractivity contribution in [2.24, 2.45) is 5.92 Å². The Morgan fingerprint density at radius 2 is 1.97 bits per heavy atom. The first kappa shape index (κ1) is 28.0. The Balaban J connectivity index is 1.44. The molecule has 1 unspecified atom stereocenters. The third-order valence-corrected chi connectivity index (χ3v) is 7.44. The highest BCUT2D eigenvalue weighted by Crippen LogP contribution is 2.35. The van der Waals surface area contributed by atoms with E-state index in [-0.39, 0.29) is 36.9 Å². The van der Waals surface area contributed by atoms with E-state index in [0.29, 0.717) is 25.4 Å². The number of aliphatic hydroxyl groups is 2. The Morgan fingerprint density at radius 1 is 1.14 bits per heavy atom. The van der Waals surface area contributed by atoms with Crippen molar-refractivity contribution in [3.63, 3.8) is 0 Å². The van der Waals surface area contributed by atoms with Crippen molar-refractivity contribution in [2.75, 3.05) is 6.61 Å². The molecule has 1 saturated heterocycles. The Morgan fingerprint density at radius 3 is 2.78 bits per heavy atom. The zero-order valence-electron chi connectivity index (χ0n) is 22.0. The molecule has 0 aromatic heterocycles. The van der Waals surface area contributed by atoms with Gasteiger partial charge in [0.2, 0.25) is 0 Å². The van der Waals surface area contributed by atoms with E-state index in [4.69, 9.17) is 18.9 Å². The minimum atomic E-state index is -1.03. The van der Waals surface area contributed by atoms with Gasteiger partial charge in [0.15, 0.2) is 0 Å². The van der Waals surface area contributed by atoms with Gasteiger partial charge in [-0.1, -0.05) is 61.1 Å². The molecule has 4 aliphatic heterocycles. The number of rotatable bonds is 3. The quantitative estimate of drug-likeness (QED) is 0.332. The van der Waals surface area contributed by atoms with Crippen LogP contribution in [-0.2, 0) is 23.7 Å². The van der Waals surface area contributed by atoms with Crippen LogP contribution in [0, 0.1) is 5.92 Å². The minimum absolute atomic E-state index is 0.0863. The molecule has 0 aromatic rings. The standard InChI is InChI=1S/C30H42O7/c1-19-12-13-34-23(15-19)10-11-25(31)27-18-28-30(37-28)26(32)17-21(3)14-20(2)16-24-8-4-6-22(35-24)7-5-9-29(33)36-27/h4-6,9-12,20,22-28,30-32H,3,7-8,13-18H2,1-2H3/b9-5+,11-10+/t20?,22-,23-,24-,25+,26+,27+,28-,30+/m1/s1. The Hall–Kier alpha value is -2.03. The lowest BCUT2D eigenvalue weighted by Gasteiger charge is -2.28. The van der Waals surface area contributed by atoms with E-state index in [1.807, 2.05) is 18.2 Å². The predicted octanol–water partition coefficient (Wildman–Crippen LogP) is 4.11. The maximum atomic E-state index is 12.6. The number of esters is 1. The van der Waals surface area contributed by atoms with Crippen LogP contribution < -0.4 is 0 Å². The average molecular weight is 515 g/mol. The van der Waals surface area contributed by atoms with E-state index in [2.05, 4.69) is 26.5 Å². The molecule has 4 aliphatic rings. The van der Waals surface area contributed by atoms with Gasteiger partial charge >= 0.3 is 5.97 Å². The van der Waals surface area contributed by atoms with Crippen LogP contribution in [0.3, 0.4) is 0 Å². The largest absolute Gasteiger partial charge is 0.456 e. The molecule has 4 rings (SSSR count). The van der Waals surface area contributed by atoms with Crippen LogP contribution in [0.25, 0.3) is 0 Å². The first-order valence-corrected chi connectivity index (χ1v) is 13.6. The van der Waals surface area contributed by atoms with Crippen LogP contribution in [0.2, 0.25) is 0 Å². The van der Waals surface area contributed by atoms with Crippen LogP contribution >= 0.6 is 0 Å².